The Morgan fingerprint density at radius 1 is 1.26 bits per heavy atom. The van der Waals surface area contributed by atoms with Crippen molar-refractivity contribution >= 4 is 11.9 Å². The van der Waals surface area contributed by atoms with Crippen LogP contribution in [0, 0.1) is 5.41 Å². The quantitative estimate of drug-likeness (QED) is 0.813. The van der Waals surface area contributed by atoms with Crippen LogP contribution >= 0.6 is 0 Å². The predicted molar refractivity (Wildman–Crippen MR) is 61.4 cm³/mol. The first-order chi connectivity index (χ1) is 8.47. The third kappa shape index (κ3) is 3.84. The molecule has 0 aromatic rings. The van der Waals surface area contributed by atoms with Crippen LogP contribution in [-0.4, -0.2) is 28.7 Å². The van der Waals surface area contributed by atoms with Crippen molar-refractivity contribution in [2.75, 3.05) is 0 Å². The Balaban J connectivity index is 2.62. The molecule has 0 spiro atoms. The maximum Gasteiger partial charge on any atom is 0.394 e. The molecule has 7 heteroatoms. The molecule has 1 fully saturated rings. The second-order valence-electron chi connectivity index (χ2n) is 5.81. The summed E-state index contributed by atoms with van der Waals surface area (Å²) in [5, 5.41) is 11.2. The molecule has 19 heavy (non-hydrogen) atoms. The maximum atomic E-state index is 12.7. The van der Waals surface area contributed by atoms with Crippen molar-refractivity contribution in [2.24, 2.45) is 5.41 Å². The Kier molecular flexibility index (Phi) is 4.17. The summed E-state index contributed by atoms with van der Waals surface area (Å²) in [7, 11) is 0. The van der Waals surface area contributed by atoms with Crippen LogP contribution in [0.2, 0.25) is 0 Å². The lowest BCUT2D eigenvalue weighted by molar-refractivity contribution is -0.214. The number of carboxylic acids is 1. The number of alkyl halides is 3. The molecule has 0 saturated heterocycles. The number of carbonyl (C=O) groups is 2. The summed E-state index contributed by atoms with van der Waals surface area (Å²) in [6.07, 6.45) is -3.64. The molecule has 1 rings (SSSR count). The fraction of sp³-hybridized carbons (Fsp3) is 0.833. The average Bonchev–Trinajstić information content (AvgIpc) is 2.10. The molecule has 0 aromatic heterocycles. The van der Waals surface area contributed by atoms with Crippen LogP contribution in [0.25, 0.3) is 0 Å². The highest BCUT2D eigenvalue weighted by molar-refractivity contribution is 5.79. The minimum atomic E-state index is -4.47. The van der Waals surface area contributed by atoms with Crippen molar-refractivity contribution in [1.29, 1.82) is 0 Å². The molecule has 0 radical (unpaired) electrons. The van der Waals surface area contributed by atoms with Crippen LogP contribution in [0.15, 0.2) is 0 Å². The Labute approximate surface area is 109 Å². The number of halogens is 3. The van der Waals surface area contributed by atoms with Gasteiger partial charge in [-0.25, -0.2) is 0 Å². The molecule has 0 bridgehead atoms. The molecule has 0 atom stereocenters. The summed E-state index contributed by atoms with van der Waals surface area (Å²) in [4.78, 5) is 22.4. The molecular formula is C12H18F3NO3. The van der Waals surface area contributed by atoms with Gasteiger partial charge in [-0.3, -0.25) is 9.59 Å². The normalized spacial score (nSPS) is 18.6. The summed E-state index contributed by atoms with van der Waals surface area (Å²) in [6.45, 7) is 1.91. The lowest BCUT2D eigenvalue weighted by atomic mass is 9.74. The van der Waals surface area contributed by atoms with Gasteiger partial charge in [0.05, 0.1) is 17.4 Å². The summed E-state index contributed by atoms with van der Waals surface area (Å²) >= 11 is 0. The highest BCUT2D eigenvalue weighted by atomic mass is 19.4. The summed E-state index contributed by atoms with van der Waals surface area (Å²) < 4.78 is 38.0. The van der Waals surface area contributed by atoms with Crippen molar-refractivity contribution in [3.63, 3.8) is 0 Å². The van der Waals surface area contributed by atoms with E-state index in [2.05, 4.69) is 5.32 Å². The van der Waals surface area contributed by atoms with Crippen molar-refractivity contribution in [3.05, 3.63) is 0 Å². The van der Waals surface area contributed by atoms with E-state index in [-0.39, 0.29) is 6.42 Å². The first-order valence-corrected chi connectivity index (χ1v) is 6.07. The topological polar surface area (TPSA) is 66.4 Å². The Morgan fingerprint density at radius 3 is 2.11 bits per heavy atom. The molecule has 0 unspecified atom stereocenters. The van der Waals surface area contributed by atoms with Crippen LogP contribution in [0.1, 0.15) is 46.0 Å². The van der Waals surface area contributed by atoms with E-state index in [0.29, 0.717) is 12.8 Å². The third-order valence-corrected chi connectivity index (χ3v) is 3.57. The van der Waals surface area contributed by atoms with Crippen molar-refractivity contribution < 1.29 is 27.9 Å². The second-order valence-corrected chi connectivity index (χ2v) is 5.81. The number of aliphatic carboxylic acids is 1. The second kappa shape index (κ2) is 5.02. The smallest absolute Gasteiger partial charge is 0.394 e. The molecule has 4 nitrogen and oxygen atoms in total. The first-order valence-electron chi connectivity index (χ1n) is 6.07. The highest BCUT2D eigenvalue weighted by Crippen LogP contribution is 2.41. The molecule has 1 amide bonds. The molecule has 0 aliphatic heterocycles. The van der Waals surface area contributed by atoms with Gasteiger partial charge in [-0.2, -0.15) is 13.2 Å². The van der Waals surface area contributed by atoms with Gasteiger partial charge in [-0.1, -0.05) is 13.8 Å². The molecule has 2 N–H and O–H groups in total. The van der Waals surface area contributed by atoms with Crippen LogP contribution in [-0.2, 0) is 9.59 Å². The molecule has 1 aliphatic rings. The van der Waals surface area contributed by atoms with Gasteiger partial charge in [0, 0.05) is 6.42 Å². The van der Waals surface area contributed by atoms with Gasteiger partial charge >= 0.3 is 12.1 Å². The van der Waals surface area contributed by atoms with Gasteiger partial charge in [0.1, 0.15) is 0 Å². The lowest BCUT2D eigenvalue weighted by Gasteiger charge is -2.42. The molecule has 0 aromatic carbocycles. The summed E-state index contributed by atoms with van der Waals surface area (Å²) in [6, 6.07) is 0. The molecular weight excluding hydrogens is 263 g/mol. The monoisotopic (exact) mass is 281 g/mol. The summed E-state index contributed by atoms with van der Waals surface area (Å²) in [5.41, 5.74) is -2.98. The molecule has 110 valence electrons. The third-order valence-electron chi connectivity index (χ3n) is 3.57. The van der Waals surface area contributed by atoms with Gasteiger partial charge < -0.3 is 10.4 Å². The van der Waals surface area contributed by atoms with Gasteiger partial charge in [-0.15, -0.1) is 0 Å². The fourth-order valence-corrected chi connectivity index (χ4v) is 2.08. The standard InChI is InChI=1S/C12H18F3NO3/c1-10(2,12(13,14)15)6-8(17)16-11(4-3-5-11)7-9(18)19/h3-7H2,1-2H3,(H,16,17)(H,18,19). The van der Waals surface area contributed by atoms with Crippen molar-refractivity contribution in [1.82, 2.24) is 5.32 Å². The Bertz CT molecular complexity index is 373. The highest BCUT2D eigenvalue weighted by Gasteiger charge is 2.49. The van der Waals surface area contributed by atoms with E-state index < -0.39 is 35.4 Å². The predicted octanol–water partition coefficient (Wildman–Crippen LogP) is 2.48. The lowest BCUT2D eigenvalue weighted by Crippen LogP contribution is -2.55. The fourth-order valence-electron chi connectivity index (χ4n) is 2.08. The van der Waals surface area contributed by atoms with Crippen LogP contribution in [0.4, 0.5) is 13.2 Å². The SMILES string of the molecule is CC(C)(CC(=O)NC1(CC(=O)O)CCC1)C(F)(F)F. The molecule has 1 saturated carbocycles. The zero-order valence-corrected chi connectivity index (χ0v) is 10.9. The van der Waals surface area contributed by atoms with Gasteiger partial charge in [0.15, 0.2) is 0 Å². The van der Waals surface area contributed by atoms with E-state index in [9.17, 15) is 22.8 Å². The van der Waals surface area contributed by atoms with E-state index in [1.807, 2.05) is 0 Å². The Morgan fingerprint density at radius 2 is 1.79 bits per heavy atom. The van der Waals surface area contributed by atoms with E-state index in [4.69, 9.17) is 5.11 Å². The minimum Gasteiger partial charge on any atom is -0.481 e. The van der Waals surface area contributed by atoms with E-state index in [0.717, 1.165) is 20.3 Å². The maximum absolute atomic E-state index is 12.7. The molecule has 0 heterocycles. The van der Waals surface area contributed by atoms with Gasteiger partial charge in [0.2, 0.25) is 5.91 Å². The van der Waals surface area contributed by atoms with Gasteiger partial charge in [0.25, 0.3) is 0 Å². The first kappa shape index (κ1) is 15.8. The van der Waals surface area contributed by atoms with E-state index >= 15 is 0 Å². The number of amides is 1. The number of carboxylic acid groups (broad SMARTS) is 1. The van der Waals surface area contributed by atoms with E-state index in [1.165, 1.54) is 0 Å². The van der Waals surface area contributed by atoms with Crippen molar-refractivity contribution in [3.8, 4) is 0 Å². The molecule has 1 aliphatic carbocycles. The summed E-state index contributed by atoms with van der Waals surface area (Å²) in [5.74, 6) is -1.81. The number of hydrogen-bond donors (Lipinski definition) is 2. The zero-order valence-electron chi connectivity index (χ0n) is 10.9. The van der Waals surface area contributed by atoms with Crippen LogP contribution in [0.3, 0.4) is 0 Å². The number of carbonyl (C=O) groups excluding carboxylic acids is 1. The van der Waals surface area contributed by atoms with Gasteiger partial charge in [-0.05, 0) is 19.3 Å². The minimum absolute atomic E-state index is 0.245. The Hall–Kier alpha value is -1.27. The van der Waals surface area contributed by atoms with Crippen LogP contribution < -0.4 is 5.32 Å². The van der Waals surface area contributed by atoms with E-state index in [1.54, 1.807) is 0 Å². The number of nitrogens with one attached hydrogen (secondary N) is 1. The number of rotatable bonds is 5. The largest absolute Gasteiger partial charge is 0.481 e. The average molecular weight is 281 g/mol. The number of hydrogen-bond acceptors (Lipinski definition) is 2. The zero-order chi connectivity index (χ0) is 14.9. The van der Waals surface area contributed by atoms with Crippen LogP contribution in [0.5, 0.6) is 0 Å². The van der Waals surface area contributed by atoms with Crippen molar-refractivity contribution in [2.45, 2.75) is 57.7 Å².